The third-order valence-electron chi connectivity index (χ3n) is 3.47. The molecule has 1 aliphatic heterocycles. The number of carbonyl (C=O) groups is 1. The van der Waals surface area contributed by atoms with Crippen LogP contribution in [0.1, 0.15) is 28.8 Å². The Morgan fingerprint density at radius 1 is 1.44 bits per heavy atom. The molecule has 18 heavy (non-hydrogen) atoms. The van der Waals surface area contributed by atoms with Crippen LogP contribution in [-0.2, 0) is 0 Å². The average Bonchev–Trinajstić information content (AvgIpc) is 2.40. The third kappa shape index (κ3) is 3.23. The van der Waals surface area contributed by atoms with Crippen molar-refractivity contribution in [1.29, 1.82) is 0 Å². The van der Waals surface area contributed by atoms with Crippen LogP contribution in [0.2, 0.25) is 0 Å². The van der Waals surface area contributed by atoms with E-state index in [2.05, 4.69) is 10.6 Å². The smallest absolute Gasteiger partial charge is 0.251 e. The Kier molecular flexibility index (Phi) is 4.20. The number of piperidine rings is 1. The van der Waals surface area contributed by atoms with Crippen molar-refractivity contribution in [2.45, 2.75) is 19.8 Å². The van der Waals surface area contributed by atoms with Crippen molar-refractivity contribution in [2.24, 2.45) is 5.92 Å². The van der Waals surface area contributed by atoms with Crippen LogP contribution < -0.4 is 10.6 Å². The Hall–Kier alpha value is -1.55. The second kappa shape index (κ2) is 5.87. The molecule has 0 bridgehead atoms. The monoisotopic (exact) mass is 248 g/mol. The Morgan fingerprint density at radius 3 is 2.83 bits per heavy atom. The van der Waals surface area contributed by atoms with Crippen molar-refractivity contribution >= 4 is 5.91 Å². The van der Waals surface area contributed by atoms with E-state index in [-0.39, 0.29) is 11.7 Å². The number of nitrogens with one attached hydrogen (secondary N) is 2. The van der Waals surface area contributed by atoms with E-state index in [0.29, 0.717) is 11.5 Å². The summed E-state index contributed by atoms with van der Waals surface area (Å²) in [6, 6.07) is 4.93. The van der Waals surface area contributed by atoms with Crippen molar-refractivity contribution in [3.05, 3.63) is 29.3 Å². The highest BCUT2D eigenvalue weighted by Gasteiger charge is 2.14. The zero-order valence-corrected chi connectivity index (χ0v) is 10.7. The first-order chi connectivity index (χ1) is 8.66. The quantitative estimate of drug-likeness (QED) is 0.758. The molecule has 1 aromatic rings. The minimum Gasteiger partial charge on any atom is -0.508 e. The summed E-state index contributed by atoms with van der Waals surface area (Å²) in [5, 5.41) is 15.7. The Labute approximate surface area is 107 Å². The summed E-state index contributed by atoms with van der Waals surface area (Å²) in [5.41, 5.74) is 1.34. The van der Waals surface area contributed by atoms with E-state index in [1.807, 2.05) is 0 Å². The molecule has 0 saturated carbocycles. The van der Waals surface area contributed by atoms with Gasteiger partial charge in [-0.2, -0.15) is 0 Å². The average molecular weight is 248 g/mol. The molecule has 2 rings (SSSR count). The van der Waals surface area contributed by atoms with Crippen LogP contribution in [0, 0.1) is 12.8 Å². The van der Waals surface area contributed by atoms with Crippen molar-refractivity contribution in [3.63, 3.8) is 0 Å². The maximum atomic E-state index is 11.9. The molecule has 98 valence electrons. The highest BCUT2D eigenvalue weighted by atomic mass is 16.3. The number of rotatable bonds is 3. The maximum Gasteiger partial charge on any atom is 0.251 e. The summed E-state index contributed by atoms with van der Waals surface area (Å²) < 4.78 is 0. The maximum absolute atomic E-state index is 11.9. The number of hydrogen-bond acceptors (Lipinski definition) is 3. The predicted octanol–water partition coefficient (Wildman–Crippen LogP) is 1.43. The van der Waals surface area contributed by atoms with E-state index < -0.39 is 0 Å². The van der Waals surface area contributed by atoms with Gasteiger partial charge in [0.25, 0.3) is 5.91 Å². The number of phenolic OH excluding ortho intramolecular Hbond substituents is 1. The number of carbonyl (C=O) groups excluding carboxylic acids is 1. The van der Waals surface area contributed by atoms with Crippen molar-refractivity contribution < 1.29 is 9.90 Å². The van der Waals surface area contributed by atoms with Crippen molar-refractivity contribution in [1.82, 2.24) is 10.6 Å². The summed E-state index contributed by atoms with van der Waals surface area (Å²) in [5.74, 6) is 0.745. The van der Waals surface area contributed by atoms with Gasteiger partial charge in [0.05, 0.1) is 0 Å². The minimum absolute atomic E-state index is 0.0587. The summed E-state index contributed by atoms with van der Waals surface area (Å²) in [6.45, 7) is 4.61. The molecule has 0 spiro atoms. The van der Waals surface area contributed by atoms with Crippen LogP contribution in [0.25, 0.3) is 0 Å². The molecular formula is C14H20N2O2. The SMILES string of the molecule is Cc1cc(C(=O)NCC2CCNCC2)ccc1O. The molecule has 4 nitrogen and oxygen atoms in total. The summed E-state index contributed by atoms with van der Waals surface area (Å²) >= 11 is 0. The van der Waals surface area contributed by atoms with Gasteiger partial charge in [-0.15, -0.1) is 0 Å². The molecule has 0 atom stereocenters. The molecule has 4 heteroatoms. The van der Waals surface area contributed by atoms with E-state index in [0.717, 1.165) is 38.0 Å². The number of aromatic hydroxyl groups is 1. The van der Waals surface area contributed by atoms with Gasteiger partial charge >= 0.3 is 0 Å². The van der Waals surface area contributed by atoms with Gasteiger partial charge in [-0.25, -0.2) is 0 Å². The number of phenols is 1. The third-order valence-corrected chi connectivity index (χ3v) is 3.47. The first kappa shape index (κ1) is 12.9. The van der Waals surface area contributed by atoms with Gasteiger partial charge in [0.1, 0.15) is 5.75 Å². The van der Waals surface area contributed by atoms with Crippen molar-refractivity contribution in [2.75, 3.05) is 19.6 Å². The lowest BCUT2D eigenvalue weighted by molar-refractivity contribution is 0.0944. The number of benzene rings is 1. The van der Waals surface area contributed by atoms with E-state index in [1.54, 1.807) is 25.1 Å². The number of aryl methyl sites for hydroxylation is 1. The standard InChI is InChI=1S/C14H20N2O2/c1-10-8-12(2-3-13(10)17)14(18)16-9-11-4-6-15-7-5-11/h2-3,8,11,15,17H,4-7,9H2,1H3,(H,16,18). The van der Waals surface area contributed by atoms with Gasteiger partial charge < -0.3 is 15.7 Å². The summed E-state index contributed by atoms with van der Waals surface area (Å²) in [7, 11) is 0. The predicted molar refractivity (Wildman–Crippen MR) is 70.8 cm³/mol. The zero-order valence-electron chi connectivity index (χ0n) is 10.7. The second-order valence-corrected chi connectivity index (χ2v) is 4.90. The lowest BCUT2D eigenvalue weighted by Crippen LogP contribution is -2.35. The first-order valence-electron chi connectivity index (χ1n) is 6.45. The fourth-order valence-electron chi connectivity index (χ4n) is 2.22. The zero-order chi connectivity index (χ0) is 13.0. The van der Waals surface area contributed by atoms with Gasteiger partial charge in [0, 0.05) is 12.1 Å². The van der Waals surface area contributed by atoms with Crippen LogP contribution in [0.5, 0.6) is 5.75 Å². The molecule has 1 aliphatic rings. The highest BCUT2D eigenvalue weighted by Crippen LogP contribution is 2.17. The Bertz CT molecular complexity index is 426. The largest absolute Gasteiger partial charge is 0.508 e. The van der Waals surface area contributed by atoms with Gasteiger partial charge in [0.15, 0.2) is 0 Å². The van der Waals surface area contributed by atoms with E-state index in [1.165, 1.54) is 0 Å². The molecular weight excluding hydrogens is 228 g/mol. The Morgan fingerprint density at radius 2 is 2.17 bits per heavy atom. The second-order valence-electron chi connectivity index (χ2n) is 4.90. The molecule has 0 radical (unpaired) electrons. The number of amides is 1. The van der Waals surface area contributed by atoms with E-state index in [4.69, 9.17) is 0 Å². The lowest BCUT2D eigenvalue weighted by Gasteiger charge is -2.22. The first-order valence-corrected chi connectivity index (χ1v) is 6.45. The van der Waals surface area contributed by atoms with Crippen LogP contribution in [-0.4, -0.2) is 30.6 Å². The fraction of sp³-hybridized carbons (Fsp3) is 0.500. The molecule has 1 amide bonds. The summed E-state index contributed by atoms with van der Waals surface area (Å²) in [6.07, 6.45) is 2.24. The molecule has 0 unspecified atom stereocenters. The topological polar surface area (TPSA) is 61.4 Å². The van der Waals surface area contributed by atoms with Gasteiger partial charge in [-0.1, -0.05) is 0 Å². The van der Waals surface area contributed by atoms with Crippen LogP contribution in [0.3, 0.4) is 0 Å². The molecule has 3 N–H and O–H groups in total. The number of hydrogen-bond donors (Lipinski definition) is 3. The van der Waals surface area contributed by atoms with Crippen LogP contribution >= 0.6 is 0 Å². The molecule has 1 heterocycles. The van der Waals surface area contributed by atoms with Gasteiger partial charge in [-0.05, 0) is 62.5 Å². The molecule has 1 fully saturated rings. The normalized spacial score (nSPS) is 16.5. The van der Waals surface area contributed by atoms with Gasteiger partial charge in [-0.3, -0.25) is 4.79 Å². The highest BCUT2D eigenvalue weighted by molar-refractivity contribution is 5.94. The summed E-state index contributed by atoms with van der Waals surface area (Å²) in [4.78, 5) is 11.9. The Balaban J connectivity index is 1.88. The lowest BCUT2D eigenvalue weighted by atomic mass is 9.98. The minimum atomic E-state index is -0.0587. The van der Waals surface area contributed by atoms with Crippen LogP contribution in [0.4, 0.5) is 0 Å². The van der Waals surface area contributed by atoms with Gasteiger partial charge in [0.2, 0.25) is 0 Å². The van der Waals surface area contributed by atoms with Crippen molar-refractivity contribution in [3.8, 4) is 5.75 Å². The van der Waals surface area contributed by atoms with E-state index >= 15 is 0 Å². The fourth-order valence-corrected chi connectivity index (χ4v) is 2.22. The van der Waals surface area contributed by atoms with Crippen LogP contribution in [0.15, 0.2) is 18.2 Å². The van der Waals surface area contributed by atoms with E-state index in [9.17, 15) is 9.90 Å². The molecule has 0 aromatic heterocycles. The molecule has 1 saturated heterocycles. The molecule has 1 aromatic carbocycles. The molecule has 0 aliphatic carbocycles.